The number of rotatable bonds is 6. The van der Waals surface area contributed by atoms with Gasteiger partial charge in [0.2, 0.25) is 0 Å². The number of carbonyl (C=O) groups is 4. The summed E-state index contributed by atoms with van der Waals surface area (Å²) >= 11 is 0. The Morgan fingerprint density at radius 1 is 0.886 bits per heavy atom. The molecule has 0 aliphatic carbocycles. The number of benzene rings is 2. The van der Waals surface area contributed by atoms with Gasteiger partial charge < -0.3 is 20.4 Å². The molecule has 0 saturated carbocycles. The first-order valence-electron chi connectivity index (χ1n) is 10.4. The van der Waals surface area contributed by atoms with Gasteiger partial charge in [0.05, 0.1) is 18.4 Å². The van der Waals surface area contributed by atoms with Gasteiger partial charge in [0, 0.05) is 5.69 Å². The maximum absolute atomic E-state index is 13.5. The Hall–Kier alpha value is -4.80. The summed E-state index contributed by atoms with van der Waals surface area (Å²) in [5, 5.41) is 10.7. The van der Waals surface area contributed by atoms with Crippen molar-refractivity contribution < 1.29 is 28.0 Å². The van der Waals surface area contributed by atoms with Crippen molar-refractivity contribution in [2.75, 3.05) is 10.6 Å². The van der Waals surface area contributed by atoms with E-state index in [1.54, 1.807) is 12.1 Å². The Morgan fingerprint density at radius 2 is 1.63 bits per heavy atom. The Balaban J connectivity index is 1.44. The van der Waals surface area contributed by atoms with Crippen LogP contribution in [0.2, 0.25) is 0 Å². The number of aryl methyl sites for hydroxylation is 2. The van der Waals surface area contributed by atoms with Crippen LogP contribution in [0.15, 0.2) is 64.1 Å². The van der Waals surface area contributed by atoms with E-state index >= 15 is 0 Å². The number of nitrogens with one attached hydrogen (secondary N) is 4. The number of nitrogens with zero attached hydrogens (tertiary/aromatic N) is 1. The third-order valence-electron chi connectivity index (χ3n) is 4.76. The van der Waals surface area contributed by atoms with Crippen molar-refractivity contribution >= 4 is 41.2 Å². The molecule has 1 heterocycles. The third kappa shape index (κ3) is 7.09. The molecule has 35 heavy (non-hydrogen) atoms. The van der Waals surface area contributed by atoms with Crippen LogP contribution in [0.5, 0.6) is 0 Å². The number of para-hydroxylation sites is 1. The molecule has 0 atom stereocenters. The minimum atomic E-state index is -1.11. The lowest BCUT2D eigenvalue weighted by atomic mass is 10.1. The van der Waals surface area contributed by atoms with Crippen LogP contribution in [0, 0.1) is 19.7 Å². The standard InChI is InChI=1S/C24H22FN5O5/c1-14-7-8-16(11-15(14)2)28-22(32)21(31)26-12-17-9-10-18(35-17)13-27-30-24(34)23(33)29-20-6-4-3-5-19(20)25/h3-11,13H,12H2,1-2H3,(H,26,31)(H,28,32)(H,29,33)(H,30,34)/b27-13+. The number of amides is 4. The summed E-state index contributed by atoms with van der Waals surface area (Å²) in [4.78, 5) is 47.7. The molecule has 0 saturated heterocycles. The zero-order chi connectivity index (χ0) is 25.4. The van der Waals surface area contributed by atoms with Crippen LogP contribution in [0.1, 0.15) is 22.6 Å². The molecule has 4 N–H and O–H groups in total. The summed E-state index contributed by atoms with van der Waals surface area (Å²) in [6, 6.07) is 13.7. The molecule has 2 aromatic carbocycles. The number of hydrogen-bond acceptors (Lipinski definition) is 6. The van der Waals surface area contributed by atoms with Crippen molar-refractivity contribution in [2.45, 2.75) is 20.4 Å². The highest BCUT2D eigenvalue weighted by Gasteiger charge is 2.16. The molecule has 0 unspecified atom stereocenters. The van der Waals surface area contributed by atoms with Gasteiger partial charge in [0.1, 0.15) is 17.3 Å². The number of hydrazone groups is 1. The van der Waals surface area contributed by atoms with Gasteiger partial charge in [-0.1, -0.05) is 18.2 Å². The minimum Gasteiger partial charge on any atom is -0.458 e. The SMILES string of the molecule is Cc1ccc(NC(=O)C(=O)NCc2ccc(/C=N/NC(=O)C(=O)Nc3ccccc3F)o2)cc1C. The zero-order valence-corrected chi connectivity index (χ0v) is 18.8. The molecule has 0 aliphatic heterocycles. The second kappa shape index (κ2) is 11.4. The van der Waals surface area contributed by atoms with Crippen LogP contribution in [-0.2, 0) is 25.7 Å². The summed E-state index contributed by atoms with van der Waals surface area (Å²) in [5.41, 5.74) is 4.40. The van der Waals surface area contributed by atoms with Gasteiger partial charge in [-0.15, -0.1) is 0 Å². The van der Waals surface area contributed by atoms with E-state index in [0.717, 1.165) is 23.4 Å². The number of hydrogen-bond donors (Lipinski definition) is 4. The first kappa shape index (κ1) is 24.8. The largest absolute Gasteiger partial charge is 0.458 e. The van der Waals surface area contributed by atoms with Crippen LogP contribution < -0.4 is 21.4 Å². The van der Waals surface area contributed by atoms with E-state index in [1.807, 2.05) is 25.3 Å². The van der Waals surface area contributed by atoms with Gasteiger partial charge in [-0.2, -0.15) is 5.10 Å². The smallest absolute Gasteiger partial charge is 0.329 e. The molecular formula is C24H22FN5O5. The van der Waals surface area contributed by atoms with E-state index in [4.69, 9.17) is 4.42 Å². The average Bonchev–Trinajstić information content (AvgIpc) is 3.28. The lowest BCUT2D eigenvalue weighted by Crippen LogP contribution is -2.34. The van der Waals surface area contributed by atoms with Crippen molar-refractivity contribution in [3.63, 3.8) is 0 Å². The van der Waals surface area contributed by atoms with E-state index in [0.29, 0.717) is 11.4 Å². The number of carbonyl (C=O) groups excluding carboxylic acids is 4. The van der Waals surface area contributed by atoms with Gasteiger partial charge >= 0.3 is 23.6 Å². The molecule has 0 fully saturated rings. The Bertz CT molecular complexity index is 1300. The fourth-order valence-electron chi connectivity index (χ4n) is 2.76. The number of anilines is 2. The third-order valence-corrected chi connectivity index (χ3v) is 4.76. The second-order valence-electron chi connectivity index (χ2n) is 7.37. The first-order chi connectivity index (χ1) is 16.7. The first-order valence-corrected chi connectivity index (χ1v) is 10.4. The van der Waals surface area contributed by atoms with Crippen LogP contribution in [0.25, 0.3) is 0 Å². The number of halogens is 1. The van der Waals surface area contributed by atoms with Crippen molar-refractivity contribution in [2.24, 2.45) is 5.10 Å². The number of furan rings is 1. The van der Waals surface area contributed by atoms with E-state index < -0.39 is 29.4 Å². The molecule has 4 amide bonds. The summed E-state index contributed by atoms with van der Waals surface area (Å²) in [5.74, 6) is -4.03. The van der Waals surface area contributed by atoms with Crippen LogP contribution in [-0.4, -0.2) is 29.8 Å². The summed E-state index contributed by atoms with van der Waals surface area (Å²) in [6.45, 7) is 3.77. The Labute approximate surface area is 199 Å². The molecule has 0 aliphatic rings. The highest BCUT2D eigenvalue weighted by Crippen LogP contribution is 2.14. The summed E-state index contributed by atoms with van der Waals surface area (Å²) < 4.78 is 19.0. The van der Waals surface area contributed by atoms with E-state index in [-0.39, 0.29) is 18.0 Å². The molecule has 3 rings (SSSR count). The van der Waals surface area contributed by atoms with E-state index in [9.17, 15) is 23.6 Å². The molecule has 0 spiro atoms. The molecule has 0 bridgehead atoms. The lowest BCUT2D eigenvalue weighted by molar-refractivity contribution is -0.136. The fraction of sp³-hybridized carbons (Fsp3) is 0.125. The molecular weight excluding hydrogens is 457 g/mol. The Kier molecular flexibility index (Phi) is 8.06. The monoisotopic (exact) mass is 479 g/mol. The van der Waals surface area contributed by atoms with Gasteiger partial charge in [-0.3, -0.25) is 19.2 Å². The van der Waals surface area contributed by atoms with Crippen molar-refractivity contribution in [3.8, 4) is 0 Å². The van der Waals surface area contributed by atoms with Crippen molar-refractivity contribution in [3.05, 3.63) is 83.1 Å². The van der Waals surface area contributed by atoms with Crippen molar-refractivity contribution in [1.82, 2.24) is 10.7 Å². The predicted octanol–water partition coefficient (Wildman–Crippen LogP) is 2.38. The molecule has 0 radical (unpaired) electrons. The second-order valence-corrected chi connectivity index (χ2v) is 7.37. The molecule has 180 valence electrons. The van der Waals surface area contributed by atoms with Gasteiger partial charge in [-0.05, 0) is 61.4 Å². The van der Waals surface area contributed by atoms with Gasteiger partial charge in [0.25, 0.3) is 0 Å². The maximum atomic E-state index is 13.5. The quantitative estimate of drug-likeness (QED) is 0.244. The van der Waals surface area contributed by atoms with E-state index in [2.05, 4.69) is 21.1 Å². The highest BCUT2D eigenvalue weighted by atomic mass is 19.1. The average molecular weight is 479 g/mol. The fourth-order valence-corrected chi connectivity index (χ4v) is 2.76. The van der Waals surface area contributed by atoms with Crippen molar-refractivity contribution in [1.29, 1.82) is 0 Å². The molecule has 3 aromatic rings. The van der Waals surface area contributed by atoms with Gasteiger partial charge in [-0.25, -0.2) is 9.82 Å². The van der Waals surface area contributed by atoms with Crippen LogP contribution in [0.3, 0.4) is 0 Å². The van der Waals surface area contributed by atoms with Gasteiger partial charge in [0.15, 0.2) is 0 Å². The zero-order valence-electron chi connectivity index (χ0n) is 18.8. The normalized spacial score (nSPS) is 10.6. The lowest BCUT2D eigenvalue weighted by Gasteiger charge is -2.07. The predicted molar refractivity (Wildman–Crippen MR) is 126 cm³/mol. The highest BCUT2D eigenvalue weighted by molar-refractivity contribution is 6.40. The molecule has 11 heteroatoms. The van der Waals surface area contributed by atoms with Crippen LogP contribution >= 0.6 is 0 Å². The minimum absolute atomic E-state index is 0.0651. The van der Waals surface area contributed by atoms with Crippen LogP contribution in [0.4, 0.5) is 15.8 Å². The summed E-state index contributed by atoms with van der Waals surface area (Å²) in [6.07, 6.45) is 1.13. The van der Waals surface area contributed by atoms with E-state index in [1.165, 1.54) is 30.3 Å². The Morgan fingerprint density at radius 3 is 2.37 bits per heavy atom. The maximum Gasteiger partial charge on any atom is 0.329 e. The molecule has 1 aromatic heterocycles. The summed E-state index contributed by atoms with van der Waals surface area (Å²) in [7, 11) is 0. The molecule has 10 nitrogen and oxygen atoms in total. The topological polar surface area (TPSA) is 142 Å².